The minimum absolute atomic E-state index is 0.367. The van der Waals surface area contributed by atoms with E-state index in [-0.39, 0.29) is 5.91 Å². The van der Waals surface area contributed by atoms with Crippen molar-refractivity contribution in [2.75, 3.05) is 11.9 Å². The zero-order chi connectivity index (χ0) is 16.7. The summed E-state index contributed by atoms with van der Waals surface area (Å²) in [6.45, 7) is 3.96. The van der Waals surface area contributed by atoms with E-state index in [1.54, 1.807) is 13.8 Å². The molecule has 2 rings (SSSR count). The Hall–Kier alpha value is -2.13. The van der Waals surface area contributed by atoms with Gasteiger partial charge < -0.3 is 10.6 Å². The fourth-order valence-corrected chi connectivity index (χ4v) is 3.49. The molecule has 3 amide bonds. The number of hydrogen-bond acceptors (Lipinski definition) is 7. The highest BCUT2D eigenvalue weighted by atomic mass is 32.2. The van der Waals surface area contributed by atoms with Crippen LogP contribution in [0.3, 0.4) is 0 Å². The van der Waals surface area contributed by atoms with E-state index in [0.717, 1.165) is 5.69 Å². The summed E-state index contributed by atoms with van der Waals surface area (Å²) in [7, 11) is 0. The monoisotopic (exact) mass is 351 g/mol. The lowest BCUT2D eigenvalue weighted by Gasteiger charge is -2.09. The molecule has 0 aliphatic heterocycles. The molecule has 23 heavy (non-hydrogen) atoms. The second kappa shape index (κ2) is 8.49. The van der Waals surface area contributed by atoms with Gasteiger partial charge in [-0.25, -0.2) is 4.79 Å². The quantitative estimate of drug-likeness (QED) is 0.692. The zero-order valence-electron chi connectivity index (χ0n) is 12.7. The van der Waals surface area contributed by atoms with Gasteiger partial charge in [-0.1, -0.05) is 41.3 Å². The van der Waals surface area contributed by atoms with Crippen LogP contribution in [0.15, 0.2) is 34.7 Å². The Labute approximate surface area is 142 Å². The van der Waals surface area contributed by atoms with Crippen molar-refractivity contribution in [2.24, 2.45) is 0 Å². The molecule has 3 N–H and O–H groups in total. The summed E-state index contributed by atoms with van der Waals surface area (Å²) in [6.07, 6.45) is 0. The number of imide groups is 1. The highest BCUT2D eigenvalue weighted by Crippen LogP contribution is 2.30. The van der Waals surface area contributed by atoms with Crippen LogP contribution >= 0.6 is 23.1 Å². The van der Waals surface area contributed by atoms with E-state index < -0.39 is 11.3 Å². The third-order valence-corrected chi connectivity index (χ3v) is 4.68. The van der Waals surface area contributed by atoms with E-state index in [0.29, 0.717) is 16.0 Å². The number of carbonyl (C=O) groups is 2. The number of nitrogens with one attached hydrogen (secondary N) is 3. The Balaban J connectivity index is 1.88. The van der Waals surface area contributed by atoms with Crippen molar-refractivity contribution in [3.05, 3.63) is 30.3 Å². The topological polar surface area (TPSA) is 96.0 Å². The van der Waals surface area contributed by atoms with Gasteiger partial charge >= 0.3 is 6.03 Å². The number of para-hydroxylation sites is 1. The van der Waals surface area contributed by atoms with Crippen LogP contribution in [0.4, 0.5) is 15.6 Å². The molecule has 0 radical (unpaired) electrons. The standard InChI is InChI=1S/C14H17N5O2S2/c1-3-15-12(21)17-11(20)9(2)22-14-19-18-13(23-14)16-10-7-5-4-6-8-10/h4-9H,3H2,1-2H3,(H,16,18)(H2,15,17,20,21)/t9-/m1/s1. The molecule has 0 bridgehead atoms. The van der Waals surface area contributed by atoms with E-state index >= 15 is 0 Å². The van der Waals surface area contributed by atoms with Gasteiger partial charge in [0, 0.05) is 12.2 Å². The normalized spacial score (nSPS) is 11.6. The van der Waals surface area contributed by atoms with Crippen LogP contribution in [-0.2, 0) is 4.79 Å². The van der Waals surface area contributed by atoms with Gasteiger partial charge in [0.2, 0.25) is 11.0 Å². The number of anilines is 2. The van der Waals surface area contributed by atoms with E-state index in [4.69, 9.17) is 0 Å². The number of benzene rings is 1. The molecule has 0 saturated heterocycles. The predicted octanol–water partition coefficient (Wildman–Crippen LogP) is 2.61. The number of hydrogen-bond donors (Lipinski definition) is 3. The summed E-state index contributed by atoms with van der Waals surface area (Å²) in [5.41, 5.74) is 0.919. The number of nitrogens with zero attached hydrogens (tertiary/aromatic N) is 2. The molecule has 7 nitrogen and oxygen atoms in total. The molecule has 0 unspecified atom stereocenters. The highest BCUT2D eigenvalue weighted by Gasteiger charge is 2.19. The van der Waals surface area contributed by atoms with Gasteiger partial charge in [0.25, 0.3) is 0 Å². The van der Waals surface area contributed by atoms with Crippen LogP contribution in [0.2, 0.25) is 0 Å². The predicted molar refractivity (Wildman–Crippen MR) is 92.2 cm³/mol. The van der Waals surface area contributed by atoms with E-state index in [9.17, 15) is 9.59 Å². The lowest BCUT2D eigenvalue weighted by molar-refractivity contribution is -0.119. The van der Waals surface area contributed by atoms with Crippen LogP contribution < -0.4 is 16.0 Å². The first kappa shape index (κ1) is 17.2. The largest absolute Gasteiger partial charge is 0.338 e. The molecular formula is C14H17N5O2S2. The second-order valence-electron chi connectivity index (χ2n) is 4.47. The van der Waals surface area contributed by atoms with Crippen molar-refractivity contribution in [3.63, 3.8) is 0 Å². The molecule has 9 heteroatoms. The maximum absolute atomic E-state index is 11.9. The molecule has 0 saturated carbocycles. The molecule has 0 spiro atoms. The zero-order valence-corrected chi connectivity index (χ0v) is 14.3. The smallest absolute Gasteiger partial charge is 0.321 e. The average molecular weight is 351 g/mol. The Morgan fingerprint density at radius 1 is 1.26 bits per heavy atom. The van der Waals surface area contributed by atoms with Crippen molar-refractivity contribution in [2.45, 2.75) is 23.4 Å². The number of urea groups is 1. The molecule has 1 atom stereocenters. The number of aromatic nitrogens is 2. The van der Waals surface area contributed by atoms with Gasteiger partial charge in [0.15, 0.2) is 4.34 Å². The molecule has 1 heterocycles. The number of thioether (sulfide) groups is 1. The fraction of sp³-hybridized carbons (Fsp3) is 0.286. The lowest BCUT2D eigenvalue weighted by Crippen LogP contribution is -2.42. The van der Waals surface area contributed by atoms with Gasteiger partial charge in [0.1, 0.15) is 0 Å². The van der Waals surface area contributed by atoms with Gasteiger partial charge in [-0.05, 0) is 26.0 Å². The highest BCUT2D eigenvalue weighted by molar-refractivity contribution is 8.02. The van der Waals surface area contributed by atoms with Crippen LogP contribution in [-0.4, -0.2) is 33.9 Å². The second-order valence-corrected chi connectivity index (χ2v) is 7.04. The van der Waals surface area contributed by atoms with Crippen LogP contribution in [0, 0.1) is 0 Å². The summed E-state index contributed by atoms with van der Waals surface area (Å²) in [4.78, 5) is 23.2. The average Bonchev–Trinajstić information content (AvgIpc) is 2.95. The van der Waals surface area contributed by atoms with Crippen molar-refractivity contribution in [3.8, 4) is 0 Å². The maximum atomic E-state index is 11.9. The summed E-state index contributed by atoms with van der Waals surface area (Å²) in [6, 6.07) is 9.14. The molecule has 2 aromatic rings. The van der Waals surface area contributed by atoms with E-state index in [1.165, 1.54) is 23.1 Å². The SMILES string of the molecule is CCNC(=O)NC(=O)[C@@H](C)Sc1nnc(Nc2ccccc2)s1. The third-order valence-electron chi connectivity index (χ3n) is 2.65. The Kier molecular flexibility index (Phi) is 6.36. The molecule has 0 aliphatic carbocycles. The van der Waals surface area contributed by atoms with Crippen LogP contribution in [0.1, 0.15) is 13.8 Å². The molecule has 1 aromatic heterocycles. The molecule has 122 valence electrons. The lowest BCUT2D eigenvalue weighted by atomic mass is 10.3. The molecular weight excluding hydrogens is 334 g/mol. The molecule has 1 aromatic carbocycles. The molecule has 0 fully saturated rings. The maximum Gasteiger partial charge on any atom is 0.321 e. The van der Waals surface area contributed by atoms with Crippen molar-refractivity contribution in [1.82, 2.24) is 20.8 Å². The van der Waals surface area contributed by atoms with E-state index in [2.05, 4.69) is 26.1 Å². The van der Waals surface area contributed by atoms with Crippen LogP contribution in [0.25, 0.3) is 0 Å². The summed E-state index contributed by atoms with van der Waals surface area (Å²) < 4.78 is 0.655. The third kappa shape index (κ3) is 5.53. The van der Waals surface area contributed by atoms with Crippen LogP contribution in [0.5, 0.6) is 0 Å². The summed E-state index contributed by atoms with van der Waals surface area (Å²) >= 11 is 2.61. The fourth-order valence-electron chi connectivity index (χ4n) is 1.58. The van der Waals surface area contributed by atoms with Crippen molar-refractivity contribution < 1.29 is 9.59 Å². The summed E-state index contributed by atoms with van der Waals surface area (Å²) in [5, 5.41) is 16.2. The summed E-state index contributed by atoms with van der Waals surface area (Å²) in [5.74, 6) is -0.367. The Morgan fingerprint density at radius 2 is 2.00 bits per heavy atom. The van der Waals surface area contributed by atoms with Gasteiger partial charge in [-0.15, -0.1) is 10.2 Å². The molecule has 0 aliphatic rings. The minimum Gasteiger partial charge on any atom is -0.338 e. The Bertz CT molecular complexity index is 662. The van der Waals surface area contributed by atoms with Gasteiger partial charge in [0.05, 0.1) is 5.25 Å². The minimum atomic E-state index is -0.492. The van der Waals surface area contributed by atoms with Gasteiger partial charge in [-0.3, -0.25) is 10.1 Å². The first-order valence-corrected chi connectivity index (χ1v) is 8.69. The van der Waals surface area contributed by atoms with Gasteiger partial charge in [-0.2, -0.15) is 0 Å². The number of amides is 3. The van der Waals surface area contributed by atoms with Crippen molar-refractivity contribution >= 4 is 45.9 Å². The van der Waals surface area contributed by atoms with Crippen molar-refractivity contribution in [1.29, 1.82) is 0 Å². The first-order valence-electron chi connectivity index (χ1n) is 6.99. The first-order chi connectivity index (χ1) is 11.1. The van der Waals surface area contributed by atoms with E-state index in [1.807, 2.05) is 30.3 Å². The Morgan fingerprint density at radius 3 is 2.70 bits per heavy atom. The number of carbonyl (C=O) groups excluding carboxylic acids is 2. The number of rotatable bonds is 6.